The van der Waals surface area contributed by atoms with E-state index in [4.69, 9.17) is 4.74 Å². The van der Waals surface area contributed by atoms with Gasteiger partial charge in [-0.15, -0.1) is 0 Å². The highest BCUT2D eigenvalue weighted by atomic mass is 16.5. The van der Waals surface area contributed by atoms with Gasteiger partial charge in [-0.05, 0) is 38.8 Å². The monoisotopic (exact) mass is 286 g/mol. The Labute approximate surface area is 127 Å². The molecule has 2 aromatic rings. The summed E-state index contributed by atoms with van der Waals surface area (Å²) in [6, 6.07) is 10.2. The lowest BCUT2D eigenvalue weighted by molar-refractivity contribution is 0.139. The second-order valence-corrected chi connectivity index (χ2v) is 6.89. The van der Waals surface area contributed by atoms with Gasteiger partial charge >= 0.3 is 0 Å². The van der Waals surface area contributed by atoms with Crippen molar-refractivity contribution in [2.75, 3.05) is 6.54 Å². The van der Waals surface area contributed by atoms with Gasteiger partial charge in [0.2, 0.25) is 0 Å². The molecule has 3 nitrogen and oxygen atoms in total. The Balaban J connectivity index is 2.11. The number of hydrogen-bond donors (Lipinski definition) is 1. The summed E-state index contributed by atoms with van der Waals surface area (Å²) in [6.07, 6.45) is 1.95. The molecule has 1 aromatic carbocycles. The Morgan fingerprint density at radius 2 is 1.90 bits per heavy atom. The molecule has 0 saturated heterocycles. The van der Waals surface area contributed by atoms with Crippen LogP contribution in [0.4, 0.5) is 0 Å². The summed E-state index contributed by atoms with van der Waals surface area (Å²) < 4.78 is 6.15. The molecule has 0 bridgehead atoms. The van der Waals surface area contributed by atoms with E-state index < -0.39 is 0 Å². The SMILES string of the molecule is CC(C)C(CNC(C)(C)C)Oc1cnc2ccccc2c1. The summed E-state index contributed by atoms with van der Waals surface area (Å²) in [4.78, 5) is 4.46. The third-order valence-electron chi connectivity index (χ3n) is 3.43. The summed E-state index contributed by atoms with van der Waals surface area (Å²) >= 11 is 0. The Bertz CT molecular complexity index is 587. The van der Waals surface area contributed by atoms with Crippen LogP contribution in [0.1, 0.15) is 34.6 Å². The molecule has 0 aliphatic heterocycles. The number of para-hydroxylation sites is 1. The Morgan fingerprint density at radius 1 is 1.19 bits per heavy atom. The molecule has 0 spiro atoms. The van der Waals surface area contributed by atoms with Crippen molar-refractivity contribution >= 4 is 10.9 Å². The molecule has 1 heterocycles. The minimum atomic E-state index is 0.0954. The van der Waals surface area contributed by atoms with Crippen molar-refractivity contribution in [3.8, 4) is 5.75 Å². The third-order valence-corrected chi connectivity index (χ3v) is 3.43. The average molecular weight is 286 g/mol. The molecule has 1 N–H and O–H groups in total. The van der Waals surface area contributed by atoms with E-state index in [9.17, 15) is 0 Å². The van der Waals surface area contributed by atoms with Crippen LogP contribution in [0, 0.1) is 5.92 Å². The number of rotatable bonds is 5. The van der Waals surface area contributed by atoms with E-state index in [-0.39, 0.29) is 11.6 Å². The molecule has 0 saturated carbocycles. The smallest absolute Gasteiger partial charge is 0.138 e. The summed E-state index contributed by atoms with van der Waals surface area (Å²) in [5.41, 5.74) is 1.09. The van der Waals surface area contributed by atoms with E-state index in [2.05, 4.69) is 57.1 Å². The normalized spacial score (nSPS) is 13.6. The first-order valence-electron chi connectivity index (χ1n) is 7.61. The average Bonchev–Trinajstić information content (AvgIpc) is 2.42. The van der Waals surface area contributed by atoms with E-state index in [1.54, 1.807) is 0 Å². The Kier molecular flexibility index (Phi) is 4.84. The minimum Gasteiger partial charge on any atom is -0.487 e. The number of benzene rings is 1. The molecule has 0 fully saturated rings. The zero-order valence-corrected chi connectivity index (χ0v) is 13.7. The van der Waals surface area contributed by atoms with Crippen molar-refractivity contribution in [3.63, 3.8) is 0 Å². The molecule has 0 amide bonds. The molecule has 2 rings (SSSR count). The van der Waals surface area contributed by atoms with Gasteiger partial charge in [-0.25, -0.2) is 0 Å². The van der Waals surface area contributed by atoms with Crippen molar-refractivity contribution in [2.24, 2.45) is 5.92 Å². The summed E-state index contributed by atoms with van der Waals surface area (Å²) in [5, 5.41) is 4.63. The fraction of sp³-hybridized carbons (Fsp3) is 0.500. The van der Waals surface area contributed by atoms with E-state index in [0.29, 0.717) is 5.92 Å². The molecule has 21 heavy (non-hydrogen) atoms. The number of aromatic nitrogens is 1. The first kappa shape index (κ1) is 15.8. The molecule has 0 radical (unpaired) electrons. The highest BCUT2D eigenvalue weighted by Gasteiger charge is 2.19. The summed E-state index contributed by atoms with van der Waals surface area (Å²) in [5.74, 6) is 1.27. The molecule has 3 heteroatoms. The molecule has 1 atom stereocenters. The maximum atomic E-state index is 6.15. The van der Waals surface area contributed by atoms with Gasteiger partial charge in [0, 0.05) is 17.5 Å². The number of hydrogen-bond acceptors (Lipinski definition) is 3. The van der Waals surface area contributed by atoms with Crippen LogP contribution >= 0.6 is 0 Å². The largest absolute Gasteiger partial charge is 0.487 e. The van der Waals surface area contributed by atoms with Gasteiger partial charge in [-0.2, -0.15) is 0 Å². The van der Waals surface area contributed by atoms with Crippen LogP contribution in [0.3, 0.4) is 0 Å². The van der Waals surface area contributed by atoms with Crippen molar-refractivity contribution in [3.05, 3.63) is 36.5 Å². The topological polar surface area (TPSA) is 34.1 Å². The zero-order chi connectivity index (χ0) is 15.5. The summed E-state index contributed by atoms with van der Waals surface area (Å²) in [6.45, 7) is 11.7. The van der Waals surface area contributed by atoms with Crippen LogP contribution in [-0.2, 0) is 0 Å². The summed E-state index contributed by atoms with van der Waals surface area (Å²) in [7, 11) is 0. The van der Waals surface area contributed by atoms with Crippen LogP contribution in [0.25, 0.3) is 10.9 Å². The second kappa shape index (κ2) is 6.44. The molecule has 1 unspecified atom stereocenters. The standard InChI is InChI=1S/C18H26N2O/c1-13(2)17(12-20-18(3,4)5)21-15-10-14-8-6-7-9-16(14)19-11-15/h6-11,13,17,20H,12H2,1-5H3. The second-order valence-electron chi connectivity index (χ2n) is 6.89. The van der Waals surface area contributed by atoms with Crippen molar-refractivity contribution in [2.45, 2.75) is 46.3 Å². The number of nitrogens with zero attached hydrogens (tertiary/aromatic N) is 1. The fourth-order valence-corrected chi connectivity index (χ4v) is 2.11. The van der Waals surface area contributed by atoms with Crippen LogP contribution in [0.2, 0.25) is 0 Å². The molecule has 1 aromatic heterocycles. The highest BCUT2D eigenvalue weighted by molar-refractivity contribution is 5.79. The maximum absolute atomic E-state index is 6.15. The third kappa shape index (κ3) is 4.71. The van der Waals surface area contributed by atoms with Gasteiger partial charge < -0.3 is 10.1 Å². The number of pyridine rings is 1. The molecule has 114 valence electrons. The van der Waals surface area contributed by atoms with Crippen LogP contribution in [0.15, 0.2) is 36.5 Å². The molecular weight excluding hydrogens is 260 g/mol. The fourth-order valence-electron chi connectivity index (χ4n) is 2.11. The van der Waals surface area contributed by atoms with Crippen molar-refractivity contribution in [1.82, 2.24) is 10.3 Å². The van der Waals surface area contributed by atoms with Crippen molar-refractivity contribution < 1.29 is 4.74 Å². The Hall–Kier alpha value is -1.61. The number of nitrogens with one attached hydrogen (secondary N) is 1. The quantitative estimate of drug-likeness (QED) is 0.901. The van der Waals surface area contributed by atoms with Gasteiger partial charge in [-0.1, -0.05) is 32.0 Å². The number of fused-ring (bicyclic) bond motifs is 1. The Morgan fingerprint density at radius 3 is 2.57 bits per heavy atom. The van der Waals surface area contributed by atoms with Crippen LogP contribution < -0.4 is 10.1 Å². The van der Waals surface area contributed by atoms with E-state index in [1.807, 2.05) is 24.4 Å². The van der Waals surface area contributed by atoms with Gasteiger partial charge in [0.15, 0.2) is 0 Å². The lowest BCUT2D eigenvalue weighted by Crippen LogP contribution is -2.44. The van der Waals surface area contributed by atoms with Gasteiger partial charge in [0.1, 0.15) is 11.9 Å². The van der Waals surface area contributed by atoms with E-state index in [1.165, 1.54) is 0 Å². The molecule has 0 aliphatic rings. The first-order valence-corrected chi connectivity index (χ1v) is 7.61. The van der Waals surface area contributed by atoms with E-state index in [0.717, 1.165) is 23.2 Å². The van der Waals surface area contributed by atoms with Crippen molar-refractivity contribution in [1.29, 1.82) is 0 Å². The minimum absolute atomic E-state index is 0.0954. The first-order chi connectivity index (χ1) is 9.85. The molecule has 0 aliphatic carbocycles. The van der Waals surface area contributed by atoms with Gasteiger partial charge in [-0.3, -0.25) is 4.98 Å². The predicted octanol–water partition coefficient (Wildman–Crippen LogP) is 4.03. The van der Waals surface area contributed by atoms with Crippen LogP contribution in [-0.4, -0.2) is 23.2 Å². The van der Waals surface area contributed by atoms with Gasteiger partial charge in [0.25, 0.3) is 0 Å². The van der Waals surface area contributed by atoms with Crippen LogP contribution in [0.5, 0.6) is 5.75 Å². The zero-order valence-electron chi connectivity index (χ0n) is 13.7. The van der Waals surface area contributed by atoms with E-state index >= 15 is 0 Å². The lowest BCUT2D eigenvalue weighted by atomic mass is 10.0. The number of ether oxygens (including phenoxy) is 1. The lowest BCUT2D eigenvalue weighted by Gasteiger charge is -2.28. The predicted molar refractivity (Wildman–Crippen MR) is 88.8 cm³/mol. The highest BCUT2D eigenvalue weighted by Crippen LogP contribution is 2.20. The van der Waals surface area contributed by atoms with Gasteiger partial charge in [0.05, 0.1) is 11.7 Å². The maximum Gasteiger partial charge on any atom is 0.138 e. The molecular formula is C18H26N2O.